The van der Waals surface area contributed by atoms with Crippen molar-refractivity contribution >= 4 is 31.8 Å². The van der Waals surface area contributed by atoms with Crippen molar-refractivity contribution in [2.75, 3.05) is 18.1 Å². The van der Waals surface area contributed by atoms with E-state index < -0.39 is 8.32 Å². The van der Waals surface area contributed by atoms with Crippen molar-refractivity contribution in [3.63, 3.8) is 0 Å². The van der Waals surface area contributed by atoms with Crippen molar-refractivity contribution in [1.29, 1.82) is 0 Å². The smallest absolute Gasteiger partial charge is 0.192 e. The van der Waals surface area contributed by atoms with Crippen LogP contribution in [-0.4, -0.2) is 49.3 Å². The molecule has 0 saturated heterocycles. The average molecular weight is 641 g/mol. The Morgan fingerprint density at radius 2 is 1.00 bits per heavy atom. The highest BCUT2D eigenvalue weighted by Gasteiger charge is 2.42. The molecule has 3 atom stereocenters. The number of rotatable bonds is 19. The van der Waals surface area contributed by atoms with Gasteiger partial charge in [0.25, 0.3) is 0 Å². The maximum absolute atomic E-state index is 6.91. The fourth-order valence-electron chi connectivity index (χ4n) is 4.36. The van der Waals surface area contributed by atoms with Gasteiger partial charge in [-0.2, -0.15) is 0 Å². The summed E-state index contributed by atoms with van der Waals surface area (Å²) in [5.74, 6) is 1.98. The van der Waals surface area contributed by atoms with Crippen molar-refractivity contribution in [2.24, 2.45) is 0 Å². The number of thioether (sulfide) groups is 2. The second-order valence-corrected chi connectivity index (χ2v) is 20.2. The zero-order chi connectivity index (χ0) is 31.1. The Hall–Kier alpha value is -1.58. The van der Waals surface area contributed by atoms with Gasteiger partial charge in [0.05, 0.1) is 31.0 Å². The van der Waals surface area contributed by atoms with Gasteiger partial charge in [-0.05, 0) is 46.3 Å². The molecule has 4 nitrogen and oxygen atoms in total. The molecule has 43 heavy (non-hydrogen) atoms. The predicted octanol–water partition coefficient (Wildman–Crippen LogP) is 9.60. The standard InChI is InChI=1S/C36H52O4S2Si/c1-8-41-35(42-9-2)34(39-27-31-23-17-12-18-24-31)33(38-26-30-21-15-11-16-22-30)32(28-40-43(6,7)36(3,4)5)37-25-29-19-13-10-14-20-29/h10-24,32-35H,8-9,25-28H2,1-7H3/t32-,33+,34-/m1/s1. The van der Waals surface area contributed by atoms with Crippen LogP contribution >= 0.6 is 23.5 Å². The Balaban J connectivity index is 2.01. The lowest BCUT2D eigenvalue weighted by Crippen LogP contribution is -2.51. The molecule has 0 amide bonds. The summed E-state index contributed by atoms with van der Waals surface area (Å²) in [7, 11) is -2.06. The molecule has 0 saturated carbocycles. The molecule has 0 N–H and O–H groups in total. The van der Waals surface area contributed by atoms with Crippen LogP contribution < -0.4 is 0 Å². The molecule has 0 heterocycles. The molecule has 3 aromatic rings. The number of ether oxygens (including phenoxy) is 3. The minimum absolute atomic E-state index is 0.0826. The molecular weight excluding hydrogens is 589 g/mol. The van der Waals surface area contributed by atoms with Gasteiger partial charge in [0, 0.05) is 0 Å². The van der Waals surface area contributed by atoms with Crippen molar-refractivity contribution in [3.05, 3.63) is 108 Å². The van der Waals surface area contributed by atoms with Crippen molar-refractivity contribution < 1.29 is 18.6 Å². The lowest BCUT2D eigenvalue weighted by Gasteiger charge is -2.40. The first-order chi connectivity index (χ1) is 20.6. The third-order valence-corrected chi connectivity index (χ3v) is 15.1. The van der Waals surface area contributed by atoms with Crippen LogP contribution in [0.4, 0.5) is 0 Å². The predicted molar refractivity (Wildman–Crippen MR) is 188 cm³/mol. The SMILES string of the molecule is CCSC(SCC)[C@H](OCc1ccccc1)[C@@H](OCc1ccccc1)[C@@H](CO[Si](C)(C)C(C)(C)C)OCc1ccccc1. The maximum atomic E-state index is 6.91. The minimum Gasteiger partial charge on any atom is -0.414 e. The van der Waals surface area contributed by atoms with E-state index >= 15 is 0 Å². The summed E-state index contributed by atoms with van der Waals surface area (Å²) in [5, 5.41) is 0.0826. The Kier molecular flexibility index (Phi) is 15.4. The van der Waals surface area contributed by atoms with Crippen LogP contribution in [0.3, 0.4) is 0 Å². The monoisotopic (exact) mass is 640 g/mol. The number of hydrogen-bond acceptors (Lipinski definition) is 6. The quantitative estimate of drug-likeness (QED) is 0.0960. The third-order valence-electron chi connectivity index (χ3n) is 7.91. The summed E-state index contributed by atoms with van der Waals surface area (Å²) in [6, 6.07) is 31.2. The van der Waals surface area contributed by atoms with E-state index in [1.165, 1.54) is 0 Å². The summed E-state index contributed by atoms with van der Waals surface area (Å²) in [4.78, 5) is 0. The van der Waals surface area contributed by atoms with Gasteiger partial charge in [-0.3, -0.25) is 0 Å². The molecule has 0 aliphatic heterocycles. The summed E-state index contributed by atoms with van der Waals surface area (Å²) >= 11 is 3.85. The molecule has 3 aromatic carbocycles. The van der Waals surface area contributed by atoms with Gasteiger partial charge in [-0.1, -0.05) is 126 Å². The van der Waals surface area contributed by atoms with Crippen molar-refractivity contribution in [1.82, 2.24) is 0 Å². The minimum atomic E-state index is -2.06. The molecule has 3 rings (SSSR count). The number of hydrogen-bond donors (Lipinski definition) is 0. The zero-order valence-electron chi connectivity index (χ0n) is 27.2. The van der Waals surface area contributed by atoms with E-state index in [1.54, 1.807) is 0 Å². The van der Waals surface area contributed by atoms with E-state index in [-0.39, 0.29) is 27.9 Å². The maximum Gasteiger partial charge on any atom is 0.192 e. The van der Waals surface area contributed by atoms with E-state index in [0.29, 0.717) is 26.4 Å². The highest BCUT2D eigenvalue weighted by Crippen LogP contribution is 2.38. The van der Waals surface area contributed by atoms with Gasteiger partial charge in [0.1, 0.15) is 18.3 Å². The largest absolute Gasteiger partial charge is 0.414 e. The first kappa shape index (κ1) is 35.9. The summed E-state index contributed by atoms with van der Waals surface area (Å²) < 4.78 is 27.6. The molecule has 0 radical (unpaired) electrons. The number of benzene rings is 3. The summed E-state index contributed by atoms with van der Waals surface area (Å²) in [6.45, 7) is 17.8. The van der Waals surface area contributed by atoms with E-state index in [4.69, 9.17) is 18.6 Å². The Morgan fingerprint density at radius 1 is 0.605 bits per heavy atom. The molecule has 0 fully saturated rings. The van der Waals surface area contributed by atoms with Gasteiger partial charge in [-0.25, -0.2) is 0 Å². The first-order valence-electron chi connectivity index (χ1n) is 15.5. The molecule has 0 aromatic heterocycles. The Labute approximate surface area is 270 Å². The fourth-order valence-corrected chi connectivity index (χ4v) is 8.08. The average Bonchev–Trinajstić information content (AvgIpc) is 3.00. The highest BCUT2D eigenvalue weighted by molar-refractivity contribution is 8.17. The van der Waals surface area contributed by atoms with Crippen molar-refractivity contribution in [3.8, 4) is 0 Å². The molecule has 0 bridgehead atoms. The second-order valence-electron chi connectivity index (χ2n) is 12.2. The van der Waals surface area contributed by atoms with E-state index in [9.17, 15) is 0 Å². The fraction of sp³-hybridized carbons (Fsp3) is 0.500. The molecule has 0 spiro atoms. The topological polar surface area (TPSA) is 36.9 Å². The Bertz CT molecular complexity index is 1140. The molecule has 236 valence electrons. The first-order valence-corrected chi connectivity index (χ1v) is 20.5. The summed E-state index contributed by atoms with van der Waals surface area (Å²) in [5.41, 5.74) is 3.41. The van der Waals surface area contributed by atoms with E-state index in [0.717, 1.165) is 28.2 Å². The van der Waals surface area contributed by atoms with Crippen LogP contribution in [0.15, 0.2) is 91.0 Å². The van der Waals surface area contributed by atoms with Gasteiger partial charge in [-0.15, -0.1) is 23.5 Å². The van der Waals surface area contributed by atoms with Gasteiger partial charge >= 0.3 is 0 Å². The van der Waals surface area contributed by atoms with Crippen LogP contribution in [-0.2, 0) is 38.5 Å². The van der Waals surface area contributed by atoms with Crippen LogP contribution in [0, 0.1) is 0 Å². The van der Waals surface area contributed by atoms with E-state index in [2.05, 4.69) is 121 Å². The lowest BCUT2D eigenvalue weighted by molar-refractivity contribution is -0.156. The second kappa shape index (κ2) is 18.4. The Morgan fingerprint density at radius 3 is 1.40 bits per heavy atom. The van der Waals surface area contributed by atoms with Crippen LogP contribution in [0.5, 0.6) is 0 Å². The third kappa shape index (κ3) is 12.0. The molecular formula is C36H52O4S2Si. The lowest BCUT2D eigenvalue weighted by atomic mass is 10.1. The summed E-state index contributed by atoms with van der Waals surface area (Å²) in [6.07, 6.45) is -0.890. The van der Waals surface area contributed by atoms with Gasteiger partial charge < -0.3 is 18.6 Å². The normalized spacial score (nSPS) is 14.5. The molecule has 7 heteroatoms. The molecule has 0 aliphatic rings. The van der Waals surface area contributed by atoms with Gasteiger partial charge in [0.15, 0.2) is 8.32 Å². The van der Waals surface area contributed by atoms with Gasteiger partial charge in [0.2, 0.25) is 0 Å². The van der Waals surface area contributed by atoms with Crippen LogP contribution in [0.1, 0.15) is 51.3 Å². The zero-order valence-corrected chi connectivity index (χ0v) is 29.8. The van der Waals surface area contributed by atoms with Crippen LogP contribution in [0.2, 0.25) is 18.1 Å². The molecule has 0 aliphatic carbocycles. The van der Waals surface area contributed by atoms with Crippen LogP contribution in [0.25, 0.3) is 0 Å². The van der Waals surface area contributed by atoms with Crippen molar-refractivity contribution in [2.45, 2.75) is 95.5 Å². The molecule has 0 unspecified atom stereocenters. The highest BCUT2D eigenvalue weighted by atomic mass is 32.2. The van der Waals surface area contributed by atoms with E-state index in [1.807, 2.05) is 41.7 Å².